The zero-order chi connectivity index (χ0) is 35.1. The van der Waals surface area contributed by atoms with Crippen LogP contribution >= 0.6 is 0 Å². The second-order valence-corrected chi connectivity index (χ2v) is 12.4. The molecule has 0 atom stereocenters. The number of nitrogens with zero attached hydrogens (tertiary/aromatic N) is 5. The Labute approximate surface area is 295 Å². The van der Waals surface area contributed by atoms with Crippen LogP contribution in [0.3, 0.4) is 0 Å². The summed E-state index contributed by atoms with van der Waals surface area (Å²) in [5.74, 6) is 0. The molecule has 0 bridgehead atoms. The Balaban J connectivity index is 1.22. The van der Waals surface area contributed by atoms with Crippen LogP contribution in [0.15, 0.2) is 158 Å². The minimum absolute atomic E-state index is 0.429. The smallest absolute Gasteiger partial charge is 0.101 e. The average molecular weight is 652 g/mol. The molecule has 238 valence electrons. The average Bonchev–Trinajstić information content (AvgIpc) is 3.70. The molecule has 0 amide bonds. The van der Waals surface area contributed by atoms with Gasteiger partial charge >= 0.3 is 0 Å². The minimum atomic E-state index is 0.429. The van der Waals surface area contributed by atoms with Crippen molar-refractivity contribution < 1.29 is 0 Å². The first-order chi connectivity index (χ1) is 25.0. The summed E-state index contributed by atoms with van der Waals surface area (Å²) in [4.78, 5) is 0. The maximum atomic E-state index is 10.4. The Morgan fingerprint density at radius 3 is 1.90 bits per heavy atom. The van der Waals surface area contributed by atoms with Gasteiger partial charge in [-0.2, -0.15) is 15.8 Å². The molecule has 0 aliphatic carbocycles. The van der Waals surface area contributed by atoms with Gasteiger partial charge in [0.2, 0.25) is 0 Å². The van der Waals surface area contributed by atoms with E-state index in [-0.39, 0.29) is 0 Å². The summed E-state index contributed by atoms with van der Waals surface area (Å²) in [6.45, 7) is 6.36. The second-order valence-electron chi connectivity index (χ2n) is 12.4. The number of allylic oxidation sites excluding steroid dienone is 5. The number of hydrogen-bond acceptors (Lipinski definition) is 3. The lowest BCUT2D eigenvalue weighted by molar-refractivity contribution is 1.17. The van der Waals surface area contributed by atoms with Crippen molar-refractivity contribution in [3.63, 3.8) is 0 Å². The molecule has 0 N–H and O–H groups in total. The molecule has 8 rings (SSSR count). The van der Waals surface area contributed by atoms with Gasteiger partial charge in [-0.3, -0.25) is 0 Å². The molecule has 5 heteroatoms. The van der Waals surface area contributed by atoms with Gasteiger partial charge in [-0.05, 0) is 78.2 Å². The molecule has 0 saturated carbocycles. The predicted molar refractivity (Wildman–Crippen MR) is 208 cm³/mol. The van der Waals surface area contributed by atoms with Gasteiger partial charge in [-0.25, -0.2) is 0 Å². The Hall–Kier alpha value is -7.39. The van der Waals surface area contributed by atoms with Crippen molar-refractivity contribution in [3.8, 4) is 35.0 Å². The van der Waals surface area contributed by atoms with Crippen molar-refractivity contribution in [1.82, 2.24) is 9.13 Å². The fourth-order valence-electron chi connectivity index (χ4n) is 7.20. The van der Waals surface area contributed by atoms with Crippen molar-refractivity contribution in [1.29, 1.82) is 15.8 Å². The number of rotatable bonds is 6. The number of aromatic nitrogens is 2. The molecule has 2 heterocycles. The van der Waals surface area contributed by atoms with Crippen molar-refractivity contribution in [2.45, 2.75) is 6.92 Å². The SMILES string of the molecule is C=C(/C(C#N)=C\C=C(/C)n1c2ccccc2c2ccc(C#N)cc21)c1cccc(-c2cccc(C#N)c2-n2c3ccccc3c3ccccc32)c1. The molecular formula is C46H29N5. The van der Waals surface area contributed by atoms with Crippen molar-refractivity contribution in [3.05, 3.63) is 174 Å². The standard InChI is InChI=1S/C46H29N5/c1-30(50-42-18-6-3-16-40(42)41-24-22-32(27-47)25-45(41)50)21-23-35(28-48)31(2)33-11-9-12-34(26-33)37-17-10-13-36(29-49)46(37)51-43-19-7-4-14-38(43)39-15-5-8-20-44(39)51/h3-26H,2H2,1H3/b30-21+,35-23-. The summed E-state index contributed by atoms with van der Waals surface area (Å²) in [6.07, 6.45) is 3.73. The number of hydrogen-bond donors (Lipinski definition) is 0. The first kappa shape index (κ1) is 30.9. The van der Waals surface area contributed by atoms with E-state index in [2.05, 4.69) is 70.3 Å². The fourth-order valence-corrected chi connectivity index (χ4v) is 7.20. The lowest BCUT2D eigenvalue weighted by atomic mass is 9.94. The number of para-hydroxylation sites is 4. The summed E-state index contributed by atoms with van der Waals surface area (Å²) >= 11 is 0. The van der Waals surface area contributed by atoms with Crippen LogP contribution in [0.1, 0.15) is 23.6 Å². The van der Waals surface area contributed by atoms with Crippen LogP contribution in [0.25, 0.3) is 71.7 Å². The first-order valence-electron chi connectivity index (χ1n) is 16.6. The quantitative estimate of drug-likeness (QED) is 0.132. The molecule has 0 fully saturated rings. The number of benzene rings is 6. The maximum absolute atomic E-state index is 10.4. The van der Waals surface area contributed by atoms with E-state index >= 15 is 0 Å². The van der Waals surface area contributed by atoms with Gasteiger partial charge in [0.15, 0.2) is 0 Å². The van der Waals surface area contributed by atoms with Gasteiger partial charge in [-0.1, -0.05) is 97.6 Å². The summed E-state index contributed by atoms with van der Waals surface area (Å²) in [7, 11) is 0. The normalized spacial score (nSPS) is 11.9. The molecule has 8 aromatic rings. The van der Waals surface area contributed by atoms with E-state index in [4.69, 9.17) is 0 Å². The summed E-state index contributed by atoms with van der Waals surface area (Å²) in [6, 6.07) is 51.3. The number of nitriles is 3. The monoisotopic (exact) mass is 651 g/mol. The molecule has 6 aromatic carbocycles. The highest BCUT2D eigenvalue weighted by atomic mass is 15.0. The highest BCUT2D eigenvalue weighted by Gasteiger charge is 2.19. The van der Waals surface area contributed by atoms with E-state index in [1.807, 2.05) is 110 Å². The zero-order valence-electron chi connectivity index (χ0n) is 27.8. The maximum Gasteiger partial charge on any atom is 0.101 e. The molecule has 0 spiro atoms. The van der Waals surface area contributed by atoms with Crippen LogP contribution in [-0.4, -0.2) is 9.13 Å². The highest BCUT2D eigenvalue weighted by molar-refractivity contribution is 6.11. The lowest BCUT2D eigenvalue weighted by Crippen LogP contribution is -2.01. The lowest BCUT2D eigenvalue weighted by Gasteiger charge is -2.16. The van der Waals surface area contributed by atoms with E-state index < -0.39 is 0 Å². The Kier molecular flexibility index (Phi) is 7.62. The number of fused-ring (bicyclic) bond motifs is 6. The van der Waals surface area contributed by atoms with Crippen LogP contribution in [0.5, 0.6) is 0 Å². The van der Waals surface area contributed by atoms with Gasteiger partial charge in [0.25, 0.3) is 0 Å². The predicted octanol–water partition coefficient (Wildman–Crippen LogP) is 11.3. The molecule has 0 aliphatic heterocycles. The van der Waals surface area contributed by atoms with Gasteiger partial charge < -0.3 is 9.13 Å². The molecule has 2 aromatic heterocycles. The molecule has 0 aliphatic rings. The van der Waals surface area contributed by atoms with Gasteiger partial charge in [0.1, 0.15) is 6.07 Å². The van der Waals surface area contributed by atoms with Crippen LogP contribution < -0.4 is 0 Å². The van der Waals surface area contributed by atoms with Gasteiger partial charge in [-0.15, -0.1) is 0 Å². The van der Waals surface area contributed by atoms with Crippen LogP contribution in [0.4, 0.5) is 0 Å². The first-order valence-corrected chi connectivity index (χ1v) is 16.6. The van der Waals surface area contributed by atoms with E-state index in [9.17, 15) is 15.8 Å². The van der Waals surface area contributed by atoms with Crippen molar-refractivity contribution in [2.24, 2.45) is 0 Å². The zero-order valence-corrected chi connectivity index (χ0v) is 27.8. The summed E-state index contributed by atoms with van der Waals surface area (Å²) in [5, 5.41) is 34.7. The van der Waals surface area contributed by atoms with Crippen molar-refractivity contribution in [2.75, 3.05) is 0 Å². The third kappa shape index (κ3) is 5.08. The molecule has 0 radical (unpaired) electrons. The van der Waals surface area contributed by atoms with Gasteiger partial charge in [0, 0.05) is 32.8 Å². The molecule has 5 nitrogen and oxygen atoms in total. The van der Waals surface area contributed by atoms with Crippen LogP contribution in [0, 0.1) is 34.0 Å². The Bertz CT molecular complexity index is 2870. The second kappa shape index (κ2) is 12.6. The van der Waals surface area contributed by atoms with E-state index in [1.165, 1.54) is 0 Å². The summed E-state index contributed by atoms with van der Waals surface area (Å²) in [5.41, 5.74) is 10.5. The third-order valence-corrected chi connectivity index (χ3v) is 9.57. The topological polar surface area (TPSA) is 81.2 Å². The van der Waals surface area contributed by atoms with E-state index in [0.29, 0.717) is 22.3 Å². The largest absolute Gasteiger partial charge is 0.313 e. The van der Waals surface area contributed by atoms with E-state index in [1.54, 1.807) is 6.08 Å². The minimum Gasteiger partial charge on any atom is -0.313 e. The van der Waals surface area contributed by atoms with Crippen LogP contribution in [0.2, 0.25) is 0 Å². The third-order valence-electron chi connectivity index (χ3n) is 9.57. The Morgan fingerprint density at radius 2 is 1.24 bits per heavy atom. The highest BCUT2D eigenvalue weighted by Crippen LogP contribution is 2.39. The molecule has 51 heavy (non-hydrogen) atoms. The fraction of sp³-hybridized carbons (Fsp3) is 0.0217. The molecule has 0 saturated heterocycles. The Morgan fingerprint density at radius 1 is 0.608 bits per heavy atom. The van der Waals surface area contributed by atoms with E-state index in [0.717, 1.165) is 71.7 Å². The van der Waals surface area contributed by atoms with Crippen molar-refractivity contribution >= 4 is 54.9 Å². The molecular weight excluding hydrogens is 623 g/mol. The van der Waals surface area contributed by atoms with Crippen LogP contribution in [-0.2, 0) is 0 Å². The molecule has 0 unspecified atom stereocenters. The van der Waals surface area contributed by atoms with Gasteiger partial charge in [0.05, 0.1) is 56.6 Å². The summed E-state index contributed by atoms with van der Waals surface area (Å²) < 4.78 is 4.31.